The highest BCUT2D eigenvalue weighted by Crippen LogP contribution is 2.37. The van der Waals surface area contributed by atoms with E-state index in [1.54, 1.807) is 16.2 Å². The number of allylic oxidation sites excluding steroid dienone is 1. The number of thiophene rings is 1. The monoisotopic (exact) mass is 358 g/mol. The van der Waals surface area contributed by atoms with Crippen molar-refractivity contribution < 1.29 is 14.4 Å². The summed E-state index contributed by atoms with van der Waals surface area (Å²) in [5.41, 5.74) is 1.74. The van der Waals surface area contributed by atoms with E-state index in [-0.39, 0.29) is 36.1 Å². The second-order valence-corrected chi connectivity index (χ2v) is 8.15. The summed E-state index contributed by atoms with van der Waals surface area (Å²) < 4.78 is 0. The van der Waals surface area contributed by atoms with Crippen LogP contribution in [0.15, 0.2) is 23.1 Å². The lowest BCUT2D eigenvalue weighted by Gasteiger charge is -2.28. The number of fused-ring (bicyclic) bond motifs is 2. The molecule has 2 atom stereocenters. The van der Waals surface area contributed by atoms with Gasteiger partial charge in [0, 0.05) is 49.0 Å². The minimum atomic E-state index is -0.00255. The second kappa shape index (κ2) is 6.41. The number of likely N-dealkylation sites (tertiary alicyclic amines) is 1. The summed E-state index contributed by atoms with van der Waals surface area (Å²) in [4.78, 5) is 42.3. The van der Waals surface area contributed by atoms with Crippen LogP contribution in [0.25, 0.3) is 5.57 Å². The Bertz CT molecular complexity index is 753. The Morgan fingerprint density at radius 1 is 1.24 bits per heavy atom. The van der Waals surface area contributed by atoms with Gasteiger partial charge in [0.1, 0.15) is 0 Å². The van der Waals surface area contributed by atoms with E-state index in [1.165, 1.54) is 0 Å². The van der Waals surface area contributed by atoms with Gasteiger partial charge in [-0.15, -0.1) is 11.3 Å². The molecule has 25 heavy (non-hydrogen) atoms. The number of carbonyl (C=O) groups excluding carboxylic acids is 3. The van der Waals surface area contributed by atoms with Crippen molar-refractivity contribution in [3.63, 3.8) is 0 Å². The Kier molecular flexibility index (Phi) is 4.23. The summed E-state index contributed by atoms with van der Waals surface area (Å²) in [7, 11) is 1.81. The second-order valence-electron chi connectivity index (χ2n) is 7.20. The zero-order valence-electron chi connectivity index (χ0n) is 14.4. The predicted molar refractivity (Wildman–Crippen MR) is 96.0 cm³/mol. The Balaban J connectivity index is 1.58. The molecule has 3 heterocycles. The van der Waals surface area contributed by atoms with Crippen molar-refractivity contribution in [2.24, 2.45) is 0 Å². The first-order valence-corrected chi connectivity index (χ1v) is 9.77. The van der Waals surface area contributed by atoms with Crippen LogP contribution in [0.2, 0.25) is 0 Å². The Hall–Kier alpha value is -1.95. The maximum Gasteiger partial charge on any atom is 0.227 e. The SMILES string of the molecule is CN1C[C@@H]2CC[C@H](CC1=O)N2C(=O)CC1=C(c2cccs2)CCC1=O. The Labute approximate surface area is 151 Å². The zero-order valence-corrected chi connectivity index (χ0v) is 15.2. The molecule has 2 fully saturated rings. The highest BCUT2D eigenvalue weighted by atomic mass is 32.1. The molecule has 1 aromatic heterocycles. The number of carbonyl (C=O) groups is 3. The molecule has 0 N–H and O–H groups in total. The fourth-order valence-corrected chi connectivity index (χ4v) is 5.23. The van der Waals surface area contributed by atoms with E-state index < -0.39 is 0 Å². The quantitative estimate of drug-likeness (QED) is 0.834. The average molecular weight is 358 g/mol. The van der Waals surface area contributed by atoms with Crippen molar-refractivity contribution in [3.8, 4) is 0 Å². The fraction of sp³-hybridized carbons (Fsp3) is 0.526. The number of hydrogen-bond donors (Lipinski definition) is 0. The van der Waals surface area contributed by atoms with Crippen LogP contribution in [-0.4, -0.2) is 53.1 Å². The lowest BCUT2D eigenvalue weighted by molar-refractivity contribution is -0.134. The van der Waals surface area contributed by atoms with Crippen molar-refractivity contribution in [2.75, 3.05) is 13.6 Å². The molecule has 5 nitrogen and oxygen atoms in total. The van der Waals surface area contributed by atoms with Gasteiger partial charge in [0.15, 0.2) is 5.78 Å². The summed E-state index contributed by atoms with van der Waals surface area (Å²) in [5, 5.41) is 2.00. The molecule has 0 saturated carbocycles. The van der Waals surface area contributed by atoms with E-state index in [1.807, 2.05) is 29.5 Å². The maximum atomic E-state index is 13.1. The summed E-state index contributed by atoms with van der Waals surface area (Å²) in [6.07, 6.45) is 3.65. The molecule has 132 valence electrons. The van der Waals surface area contributed by atoms with Gasteiger partial charge in [0.05, 0.1) is 6.42 Å². The minimum Gasteiger partial charge on any atom is -0.344 e. The zero-order chi connectivity index (χ0) is 17.6. The number of Topliss-reactive ketones (excluding diaryl/α,β-unsaturated/α-hetero) is 1. The largest absolute Gasteiger partial charge is 0.344 e. The van der Waals surface area contributed by atoms with Crippen LogP contribution >= 0.6 is 11.3 Å². The molecule has 2 amide bonds. The van der Waals surface area contributed by atoms with Gasteiger partial charge in [-0.3, -0.25) is 14.4 Å². The summed E-state index contributed by atoms with van der Waals surface area (Å²) >= 11 is 1.62. The minimum absolute atomic E-state index is 0.00255. The molecule has 1 aromatic rings. The molecule has 6 heteroatoms. The molecule has 0 spiro atoms. The number of likely N-dealkylation sites (N-methyl/N-ethyl adjacent to an activating group) is 1. The molecule has 2 aliphatic heterocycles. The Morgan fingerprint density at radius 2 is 2.04 bits per heavy atom. The topological polar surface area (TPSA) is 57.7 Å². The van der Waals surface area contributed by atoms with Gasteiger partial charge < -0.3 is 9.80 Å². The molecule has 0 radical (unpaired) electrons. The standard InChI is InChI=1S/C19H22N2O3S/c1-20-11-13-5-4-12(9-18(20)23)21(13)19(24)10-15-14(6-7-16(15)22)17-3-2-8-25-17/h2-3,8,12-13H,4-7,9-11H2,1H3/t12-,13+/m1/s1. The Morgan fingerprint density at radius 3 is 2.80 bits per heavy atom. The lowest BCUT2D eigenvalue weighted by atomic mass is 10.0. The normalized spacial score (nSPS) is 26.6. The third kappa shape index (κ3) is 2.92. The van der Waals surface area contributed by atoms with E-state index >= 15 is 0 Å². The highest BCUT2D eigenvalue weighted by Gasteiger charge is 2.42. The molecule has 2 bridgehead atoms. The third-order valence-corrected chi connectivity index (χ3v) is 6.61. The van der Waals surface area contributed by atoms with Crippen LogP contribution in [0.5, 0.6) is 0 Å². The van der Waals surface area contributed by atoms with Crippen molar-refractivity contribution >= 4 is 34.5 Å². The van der Waals surface area contributed by atoms with Crippen LogP contribution in [0, 0.1) is 0 Å². The first-order chi connectivity index (χ1) is 12.0. The van der Waals surface area contributed by atoms with Gasteiger partial charge in [-0.2, -0.15) is 0 Å². The van der Waals surface area contributed by atoms with Crippen molar-refractivity contribution in [3.05, 3.63) is 28.0 Å². The molecule has 0 aromatic carbocycles. The van der Waals surface area contributed by atoms with Gasteiger partial charge in [-0.25, -0.2) is 0 Å². The molecule has 4 rings (SSSR count). The van der Waals surface area contributed by atoms with Crippen LogP contribution in [0.3, 0.4) is 0 Å². The van der Waals surface area contributed by atoms with E-state index in [4.69, 9.17) is 0 Å². The number of hydrogen-bond acceptors (Lipinski definition) is 4. The summed E-state index contributed by atoms with van der Waals surface area (Å²) in [6, 6.07) is 4.09. The van der Waals surface area contributed by atoms with E-state index in [2.05, 4.69) is 0 Å². The van der Waals surface area contributed by atoms with E-state index in [9.17, 15) is 14.4 Å². The number of nitrogens with zero attached hydrogens (tertiary/aromatic N) is 2. The van der Waals surface area contributed by atoms with Crippen LogP contribution in [0.4, 0.5) is 0 Å². The summed E-state index contributed by atoms with van der Waals surface area (Å²) in [5.74, 6) is 0.224. The maximum absolute atomic E-state index is 13.1. The van der Waals surface area contributed by atoms with Gasteiger partial charge in [-0.05, 0) is 36.3 Å². The average Bonchev–Trinajstić information content (AvgIpc) is 3.27. The third-order valence-electron chi connectivity index (χ3n) is 5.68. The number of amides is 2. The molecule has 0 unspecified atom stereocenters. The van der Waals surface area contributed by atoms with Crippen LogP contribution in [-0.2, 0) is 14.4 Å². The molecular weight excluding hydrogens is 336 g/mol. The highest BCUT2D eigenvalue weighted by molar-refractivity contribution is 7.11. The first-order valence-electron chi connectivity index (χ1n) is 8.89. The predicted octanol–water partition coefficient (Wildman–Crippen LogP) is 2.48. The number of rotatable bonds is 3. The van der Waals surface area contributed by atoms with Gasteiger partial charge >= 0.3 is 0 Å². The van der Waals surface area contributed by atoms with Crippen molar-refractivity contribution in [1.82, 2.24) is 9.80 Å². The molecular formula is C19H22N2O3S. The first kappa shape index (κ1) is 16.5. The number of ketones is 1. The molecule has 1 aliphatic carbocycles. The van der Waals surface area contributed by atoms with Crippen molar-refractivity contribution in [2.45, 2.75) is 50.6 Å². The van der Waals surface area contributed by atoms with Crippen molar-refractivity contribution in [1.29, 1.82) is 0 Å². The van der Waals surface area contributed by atoms with Gasteiger partial charge in [0.25, 0.3) is 0 Å². The molecule has 3 aliphatic rings. The van der Waals surface area contributed by atoms with Crippen LogP contribution in [0.1, 0.15) is 43.4 Å². The van der Waals surface area contributed by atoms with E-state index in [0.717, 1.165) is 29.7 Å². The summed E-state index contributed by atoms with van der Waals surface area (Å²) in [6.45, 7) is 0.603. The van der Waals surface area contributed by atoms with Crippen LogP contribution < -0.4 is 0 Å². The smallest absolute Gasteiger partial charge is 0.227 e. The van der Waals surface area contributed by atoms with E-state index in [0.29, 0.717) is 25.0 Å². The van der Waals surface area contributed by atoms with Gasteiger partial charge in [0.2, 0.25) is 11.8 Å². The fourth-order valence-electron chi connectivity index (χ4n) is 4.40. The van der Waals surface area contributed by atoms with Gasteiger partial charge in [-0.1, -0.05) is 6.07 Å². The lowest BCUT2D eigenvalue weighted by Crippen LogP contribution is -2.43. The molecule has 2 saturated heterocycles.